The number of allylic oxidation sites excluding steroid dienone is 2. The fourth-order valence-corrected chi connectivity index (χ4v) is 40.3. The molecule has 0 spiro atoms. The van der Waals surface area contributed by atoms with Crippen LogP contribution in [0, 0.1) is 12.8 Å². The van der Waals surface area contributed by atoms with Crippen molar-refractivity contribution in [1.29, 1.82) is 0 Å². The Morgan fingerprint density at radius 1 is 0.721 bits per heavy atom. The molecule has 0 aromatic heterocycles. The van der Waals surface area contributed by atoms with Gasteiger partial charge < -0.3 is 0 Å². The number of hydrogen-bond donors (Lipinski definition) is 0. The van der Waals surface area contributed by atoms with Gasteiger partial charge >= 0.3 is 270 Å². The molecule has 43 heavy (non-hydrogen) atoms. The third-order valence-corrected chi connectivity index (χ3v) is 62.3. The molecule has 0 radical (unpaired) electrons. The van der Waals surface area contributed by atoms with Gasteiger partial charge in [0.25, 0.3) is 0 Å². The zero-order chi connectivity index (χ0) is 30.5. The van der Waals surface area contributed by atoms with Crippen molar-refractivity contribution in [2.75, 3.05) is 0 Å². The second-order valence-electron chi connectivity index (χ2n) is 13.3. The van der Waals surface area contributed by atoms with Crippen LogP contribution in [-0.2, 0) is 15.6 Å². The van der Waals surface area contributed by atoms with Crippen LogP contribution in [0.5, 0.6) is 0 Å². The Balaban J connectivity index is 1.62. The minimum atomic E-state index is -4.81. The maximum absolute atomic E-state index is 8.66. The fraction of sp³-hybridized carbons (Fsp3) is 0.282. The van der Waals surface area contributed by atoms with E-state index in [1.807, 2.05) is 0 Å². The Labute approximate surface area is 267 Å². The van der Waals surface area contributed by atoms with Gasteiger partial charge in [0.15, 0.2) is 0 Å². The predicted molar refractivity (Wildman–Crippen MR) is 190 cm³/mol. The first-order chi connectivity index (χ1) is 20.6. The average molecular weight is 702 g/mol. The summed E-state index contributed by atoms with van der Waals surface area (Å²) in [6.45, 7) is 14.2. The van der Waals surface area contributed by atoms with Crippen LogP contribution in [-0.4, -0.2) is 5.92 Å². The number of benzene rings is 4. The Bertz CT molecular complexity index is 1740. The van der Waals surface area contributed by atoms with Gasteiger partial charge in [0, 0.05) is 0 Å². The van der Waals surface area contributed by atoms with Crippen molar-refractivity contribution in [2.24, 2.45) is 5.92 Å². The van der Waals surface area contributed by atoms with Crippen molar-refractivity contribution in [3.05, 3.63) is 130 Å². The van der Waals surface area contributed by atoms with Crippen molar-refractivity contribution in [3.8, 4) is 22.3 Å². The molecule has 4 aromatic rings. The van der Waals surface area contributed by atoms with E-state index in [-0.39, 0.29) is 7.25 Å². The van der Waals surface area contributed by atoms with Crippen LogP contribution in [0.1, 0.15) is 68.7 Å². The first kappa shape index (κ1) is 31.0. The summed E-state index contributed by atoms with van der Waals surface area (Å²) in [5.41, 5.74) is 14.7. The molecule has 0 saturated carbocycles. The number of fused-ring (bicyclic) bond motifs is 2. The zero-order valence-electron chi connectivity index (χ0n) is 26.3. The van der Waals surface area contributed by atoms with Crippen LogP contribution in [0.4, 0.5) is 0 Å². The van der Waals surface area contributed by atoms with Crippen LogP contribution in [0.3, 0.4) is 0 Å². The third-order valence-electron chi connectivity index (χ3n) is 10.4. The van der Waals surface area contributed by atoms with Crippen molar-refractivity contribution < 1.29 is 15.6 Å². The van der Waals surface area contributed by atoms with Crippen LogP contribution < -0.4 is 0 Å². The molecule has 2 aliphatic carbocycles. The summed E-state index contributed by atoms with van der Waals surface area (Å²) < 4.78 is 0.208. The van der Waals surface area contributed by atoms with Crippen molar-refractivity contribution >= 4 is 35.1 Å². The van der Waals surface area contributed by atoms with E-state index in [1.165, 1.54) is 61.2 Å². The van der Waals surface area contributed by atoms with Crippen molar-refractivity contribution in [2.45, 2.75) is 60.9 Å². The van der Waals surface area contributed by atoms with E-state index >= 15 is 0 Å². The number of aryl methyl sites for hydroxylation is 1. The normalized spacial score (nSPS) is 19.3. The number of rotatable bonds is 8. The molecule has 2 aliphatic rings. The van der Waals surface area contributed by atoms with Gasteiger partial charge in [-0.2, -0.15) is 0 Å². The standard InChI is InChI=1S/C20H21.C17H15.C2H7Si.2ClH.Zr/c1-3-8-15(2)18-13-17-11-7-12-19(20(17)14-18)16-9-5-4-6-10-16;1-12-10-16-13(2)8-9-15(17(16)11-12)14-6-4-3-5-7-14;1-3-2;;;/h4-7,9-15H,3,8H2,1-2H3;3-11H,1-2H3;3H,1-2H3;2*1H;/q;;;;;+2/p-2. The summed E-state index contributed by atoms with van der Waals surface area (Å²) in [5.74, 6) is -1.20. The summed E-state index contributed by atoms with van der Waals surface area (Å²) in [4.78, 5) is 0. The Morgan fingerprint density at radius 3 is 1.91 bits per heavy atom. The molecule has 0 heterocycles. The molecule has 0 amide bonds. The van der Waals surface area contributed by atoms with Crippen LogP contribution >= 0.6 is 17.0 Å². The average Bonchev–Trinajstić information content (AvgIpc) is 3.58. The van der Waals surface area contributed by atoms with Gasteiger partial charge in [-0.05, 0) is 0 Å². The first-order valence-electron chi connectivity index (χ1n) is 15.9. The third kappa shape index (κ3) is 4.96. The molecular weight excluding hydrogens is 659 g/mol. The molecule has 0 saturated heterocycles. The van der Waals surface area contributed by atoms with E-state index in [9.17, 15) is 0 Å². The van der Waals surface area contributed by atoms with Crippen LogP contribution in [0.25, 0.3) is 34.4 Å². The molecule has 0 aliphatic heterocycles. The molecule has 6 rings (SSSR count). The fourth-order valence-electron chi connectivity index (χ4n) is 8.17. The monoisotopic (exact) mass is 699 g/mol. The molecule has 3 atom stereocenters. The van der Waals surface area contributed by atoms with E-state index in [0.29, 0.717) is 5.92 Å². The van der Waals surface area contributed by atoms with E-state index in [1.54, 1.807) is 0 Å². The van der Waals surface area contributed by atoms with Gasteiger partial charge in [-0.3, -0.25) is 0 Å². The summed E-state index contributed by atoms with van der Waals surface area (Å²) in [6, 6.07) is 33.1. The molecule has 4 heteroatoms. The minimum absolute atomic E-state index is 0.101. The van der Waals surface area contributed by atoms with Gasteiger partial charge in [-0.1, -0.05) is 0 Å². The predicted octanol–water partition coefficient (Wildman–Crippen LogP) is 12.3. The molecule has 0 fully saturated rings. The first-order valence-corrected chi connectivity index (χ1v) is 32.2. The molecule has 0 nitrogen and oxygen atoms in total. The Morgan fingerprint density at radius 2 is 1.33 bits per heavy atom. The summed E-state index contributed by atoms with van der Waals surface area (Å²) in [5, 5.41) is 0. The van der Waals surface area contributed by atoms with E-state index in [2.05, 4.69) is 144 Å². The van der Waals surface area contributed by atoms with E-state index in [4.69, 9.17) is 17.0 Å². The quantitative estimate of drug-likeness (QED) is 0.160. The van der Waals surface area contributed by atoms with E-state index in [0.717, 1.165) is 12.8 Å². The van der Waals surface area contributed by atoms with Gasteiger partial charge in [0.2, 0.25) is 0 Å². The summed E-state index contributed by atoms with van der Waals surface area (Å²) in [7, 11) is 17.3. The van der Waals surface area contributed by atoms with Gasteiger partial charge in [-0.25, -0.2) is 0 Å². The van der Waals surface area contributed by atoms with Gasteiger partial charge in [0.05, 0.1) is 0 Å². The second-order valence-corrected chi connectivity index (χ2v) is 55.8. The Kier molecular flexibility index (Phi) is 8.49. The number of hydrogen-bond acceptors (Lipinski definition) is 0. The van der Waals surface area contributed by atoms with Crippen molar-refractivity contribution in [3.63, 3.8) is 0 Å². The second kappa shape index (κ2) is 11.8. The molecular formula is C39H43Cl2SiZr. The van der Waals surface area contributed by atoms with Crippen LogP contribution in [0.15, 0.2) is 102 Å². The number of halogens is 2. The summed E-state index contributed by atoms with van der Waals surface area (Å²) >= 11 is -4.81. The molecule has 221 valence electrons. The van der Waals surface area contributed by atoms with Crippen LogP contribution in [0.2, 0.25) is 13.1 Å². The van der Waals surface area contributed by atoms with Gasteiger partial charge in [-0.15, -0.1) is 0 Å². The molecule has 3 unspecified atom stereocenters. The molecule has 0 bridgehead atoms. The topological polar surface area (TPSA) is 0 Å². The molecule has 4 aromatic carbocycles. The zero-order valence-corrected chi connectivity index (χ0v) is 31.4. The Hall–Kier alpha value is -1.96. The SMILES string of the molecule is CCCC(C)C1=Cc2c(-c3ccccc3)cccc2[CH]1[Zr]([Cl])([Cl])([CH]1C(C)=Cc2c(-c3ccccc3)ccc(C)c21)[SiH](C)C. The molecule has 0 N–H and O–H groups in total. The maximum atomic E-state index is 8.66. The van der Waals surface area contributed by atoms with Crippen molar-refractivity contribution in [1.82, 2.24) is 0 Å². The van der Waals surface area contributed by atoms with Gasteiger partial charge in [0.1, 0.15) is 0 Å². The summed E-state index contributed by atoms with van der Waals surface area (Å²) in [6.07, 6.45) is 7.23. The van der Waals surface area contributed by atoms with E-state index < -0.39 is 21.5 Å².